The van der Waals surface area contributed by atoms with Gasteiger partial charge in [-0.1, -0.05) is 30.3 Å². The summed E-state index contributed by atoms with van der Waals surface area (Å²) in [6, 6.07) is 8.41. The smallest absolute Gasteiger partial charge is 0.182 e. The maximum Gasteiger partial charge on any atom is 0.182 e. The predicted octanol–water partition coefficient (Wildman–Crippen LogP) is 2.30. The molecule has 0 amide bonds. The van der Waals surface area contributed by atoms with Crippen LogP contribution in [0.4, 0.5) is 4.39 Å². The molecule has 0 aromatic heterocycles. The van der Waals surface area contributed by atoms with Gasteiger partial charge in [0.2, 0.25) is 0 Å². The molecule has 2 nitrogen and oxygen atoms in total. The van der Waals surface area contributed by atoms with Crippen LogP contribution in [0.1, 0.15) is 23.2 Å². The normalized spacial score (nSPS) is 18.6. The summed E-state index contributed by atoms with van der Waals surface area (Å²) in [7, 11) is 0. The number of alkyl halides is 1. The summed E-state index contributed by atoms with van der Waals surface area (Å²) in [6.45, 7) is 1.09. The van der Waals surface area contributed by atoms with E-state index in [0.717, 1.165) is 25.9 Å². The lowest BCUT2D eigenvalue weighted by atomic mass is 10.0. The number of carbonyl (C=O) groups is 1. The van der Waals surface area contributed by atoms with Crippen molar-refractivity contribution in [1.82, 2.24) is 4.90 Å². The zero-order chi connectivity index (χ0) is 11.4. The van der Waals surface area contributed by atoms with Crippen LogP contribution < -0.4 is 0 Å². The molecule has 0 radical (unpaired) electrons. The van der Waals surface area contributed by atoms with Crippen molar-refractivity contribution in [2.75, 3.05) is 19.8 Å². The fourth-order valence-corrected chi connectivity index (χ4v) is 2.18. The van der Waals surface area contributed by atoms with Gasteiger partial charge in [-0.05, 0) is 25.9 Å². The Morgan fingerprint density at radius 3 is 2.44 bits per heavy atom. The molecule has 0 spiro atoms. The fraction of sp³-hybridized carbons (Fsp3) is 0.462. The van der Waals surface area contributed by atoms with Gasteiger partial charge in [-0.15, -0.1) is 0 Å². The average Bonchev–Trinajstić information content (AvgIpc) is 2.85. The van der Waals surface area contributed by atoms with Gasteiger partial charge >= 0.3 is 0 Å². The summed E-state index contributed by atoms with van der Waals surface area (Å²) >= 11 is 0. The first-order valence-electron chi connectivity index (χ1n) is 5.72. The molecule has 1 aliphatic rings. The van der Waals surface area contributed by atoms with Crippen molar-refractivity contribution in [3.8, 4) is 0 Å². The highest BCUT2D eigenvalue weighted by Crippen LogP contribution is 2.16. The lowest BCUT2D eigenvalue weighted by Crippen LogP contribution is -2.41. The average molecular weight is 221 g/mol. The van der Waals surface area contributed by atoms with Crippen LogP contribution in [0.5, 0.6) is 0 Å². The minimum atomic E-state index is -0.590. The number of Topliss-reactive ketones (excluding diaryl/α,β-unsaturated/α-hetero) is 1. The van der Waals surface area contributed by atoms with Gasteiger partial charge in [-0.2, -0.15) is 0 Å². The molecule has 16 heavy (non-hydrogen) atoms. The highest BCUT2D eigenvalue weighted by atomic mass is 19.1. The van der Waals surface area contributed by atoms with Crippen molar-refractivity contribution >= 4 is 5.78 Å². The van der Waals surface area contributed by atoms with E-state index in [-0.39, 0.29) is 5.78 Å². The highest BCUT2D eigenvalue weighted by Gasteiger charge is 2.28. The summed E-state index contributed by atoms with van der Waals surface area (Å²) in [4.78, 5) is 14.0. The van der Waals surface area contributed by atoms with Gasteiger partial charge in [-0.3, -0.25) is 9.69 Å². The maximum absolute atomic E-state index is 13.0. The van der Waals surface area contributed by atoms with E-state index in [9.17, 15) is 9.18 Å². The molecule has 1 aromatic carbocycles. The second-order valence-corrected chi connectivity index (χ2v) is 4.14. The number of hydrogen-bond acceptors (Lipinski definition) is 2. The first-order chi connectivity index (χ1) is 7.83. The van der Waals surface area contributed by atoms with E-state index >= 15 is 0 Å². The zero-order valence-corrected chi connectivity index (χ0v) is 9.23. The van der Waals surface area contributed by atoms with Crippen LogP contribution in [0.25, 0.3) is 0 Å². The Bertz CT molecular complexity index is 346. The Balaban J connectivity index is 2.12. The Kier molecular flexibility index (Phi) is 3.67. The number of hydrogen-bond donors (Lipinski definition) is 0. The molecule has 0 bridgehead atoms. The number of halogens is 1. The van der Waals surface area contributed by atoms with E-state index in [1.165, 1.54) is 0 Å². The summed E-state index contributed by atoms with van der Waals surface area (Å²) in [5, 5.41) is 0. The van der Waals surface area contributed by atoms with E-state index in [4.69, 9.17) is 0 Å². The van der Waals surface area contributed by atoms with Gasteiger partial charge < -0.3 is 0 Å². The molecule has 1 fully saturated rings. The van der Waals surface area contributed by atoms with E-state index < -0.39 is 12.7 Å². The van der Waals surface area contributed by atoms with Gasteiger partial charge in [-0.25, -0.2) is 4.39 Å². The van der Waals surface area contributed by atoms with Crippen molar-refractivity contribution in [2.45, 2.75) is 18.9 Å². The molecule has 86 valence electrons. The van der Waals surface area contributed by atoms with Crippen LogP contribution >= 0.6 is 0 Å². The largest absolute Gasteiger partial charge is 0.292 e. The zero-order valence-electron chi connectivity index (χ0n) is 9.23. The van der Waals surface area contributed by atoms with Gasteiger partial charge in [0.05, 0.1) is 0 Å². The standard InChI is InChI=1S/C13H16FNO/c14-10-12(15-8-4-5-9-15)13(16)11-6-2-1-3-7-11/h1-3,6-7,12H,4-5,8-10H2. The van der Waals surface area contributed by atoms with Crippen molar-refractivity contribution in [3.05, 3.63) is 35.9 Å². The number of ketones is 1. The van der Waals surface area contributed by atoms with E-state index in [2.05, 4.69) is 0 Å². The van der Waals surface area contributed by atoms with Crippen LogP contribution in [-0.2, 0) is 0 Å². The Hall–Kier alpha value is -1.22. The second kappa shape index (κ2) is 5.21. The van der Waals surface area contributed by atoms with Crippen LogP contribution in [0, 0.1) is 0 Å². The first kappa shape index (κ1) is 11.3. The van der Waals surface area contributed by atoms with Gasteiger partial charge in [0.15, 0.2) is 5.78 Å². The Morgan fingerprint density at radius 2 is 1.88 bits per heavy atom. The molecule has 0 N–H and O–H groups in total. The van der Waals surface area contributed by atoms with Crippen LogP contribution in [-0.4, -0.2) is 36.5 Å². The molecule has 0 aliphatic carbocycles. The molecule has 1 unspecified atom stereocenters. The fourth-order valence-electron chi connectivity index (χ4n) is 2.18. The number of benzene rings is 1. The molecule has 1 aliphatic heterocycles. The topological polar surface area (TPSA) is 20.3 Å². The van der Waals surface area contributed by atoms with Crippen LogP contribution in [0.2, 0.25) is 0 Å². The van der Waals surface area contributed by atoms with E-state index in [1.54, 1.807) is 12.1 Å². The minimum Gasteiger partial charge on any atom is -0.292 e. The molecular formula is C13H16FNO. The molecule has 1 atom stereocenters. The molecule has 3 heteroatoms. The Morgan fingerprint density at radius 1 is 1.25 bits per heavy atom. The molecule has 1 saturated heterocycles. The minimum absolute atomic E-state index is 0.0926. The molecule has 1 aromatic rings. The predicted molar refractivity (Wildman–Crippen MR) is 61.3 cm³/mol. The second-order valence-electron chi connectivity index (χ2n) is 4.14. The number of nitrogens with zero attached hydrogens (tertiary/aromatic N) is 1. The number of carbonyl (C=O) groups excluding carboxylic acids is 1. The molecule has 2 rings (SSSR count). The maximum atomic E-state index is 13.0. The highest BCUT2D eigenvalue weighted by molar-refractivity contribution is 6.00. The lowest BCUT2D eigenvalue weighted by molar-refractivity contribution is 0.0815. The van der Waals surface area contributed by atoms with Crippen molar-refractivity contribution in [2.24, 2.45) is 0 Å². The molecule has 1 heterocycles. The quantitative estimate of drug-likeness (QED) is 0.727. The third kappa shape index (κ3) is 2.30. The summed E-state index contributed by atoms with van der Waals surface area (Å²) in [5.41, 5.74) is 0.608. The number of likely N-dealkylation sites (tertiary alicyclic amines) is 1. The SMILES string of the molecule is O=C(c1ccccc1)C(CF)N1CCCC1. The summed E-state index contributed by atoms with van der Waals surface area (Å²) in [6.07, 6.45) is 2.14. The van der Waals surface area contributed by atoms with Crippen molar-refractivity contribution < 1.29 is 9.18 Å². The Labute approximate surface area is 95.1 Å². The number of rotatable bonds is 4. The van der Waals surface area contributed by atoms with E-state index in [1.807, 2.05) is 23.1 Å². The van der Waals surface area contributed by atoms with Crippen molar-refractivity contribution in [3.63, 3.8) is 0 Å². The van der Waals surface area contributed by atoms with Crippen LogP contribution in [0.3, 0.4) is 0 Å². The third-order valence-corrected chi connectivity index (χ3v) is 3.09. The first-order valence-corrected chi connectivity index (χ1v) is 5.72. The lowest BCUT2D eigenvalue weighted by Gasteiger charge is -2.23. The van der Waals surface area contributed by atoms with Gasteiger partial charge in [0.1, 0.15) is 12.7 Å². The molecule has 0 saturated carbocycles. The van der Waals surface area contributed by atoms with Gasteiger partial charge in [0, 0.05) is 5.56 Å². The molecular weight excluding hydrogens is 205 g/mol. The summed E-state index contributed by atoms with van der Waals surface area (Å²) < 4.78 is 13.0. The van der Waals surface area contributed by atoms with Gasteiger partial charge in [0.25, 0.3) is 0 Å². The van der Waals surface area contributed by atoms with E-state index in [0.29, 0.717) is 5.56 Å². The monoisotopic (exact) mass is 221 g/mol. The third-order valence-electron chi connectivity index (χ3n) is 3.09. The van der Waals surface area contributed by atoms with Crippen molar-refractivity contribution in [1.29, 1.82) is 0 Å². The summed E-state index contributed by atoms with van der Waals surface area (Å²) in [5.74, 6) is -0.0926. The van der Waals surface area contributed by atoms with Crippen LogP contribution in [0.15, 0.2) is 30.3 Å².